The molecule has 0 aliphatic carbocycles. The topological polar surface area (TPSA) is 141 Å². The van der Waals surface area contributed by atoms with Crippen molar-refractivity contribution in [3.8, 4) is 16.9 Å². The first-order chi connectivity index (χ1) is 16.3. The number of rotatable bonds is 6. The van der Waals surface area contributed by atoms with Gasteiger partial charge in [0.2, 0.25) is 5.78 Å². The van der Waals surface area contributed by atoms with Crippen molar-refractivity contribution in [3.63, 3.8) is 0 Å². The van der Waals surface area contributed by atoms with Gasteiger partial charge in [0.25, 0.3) is 0 Å². The summed E-state index contributed by atoms with van der Waals surface area (Å²) in [5.74, 6) is 2.21. The molecule has 0 unspecified atom stereocenters. The monoisotopic (exact) mass is 459 g/mol. The van der Waals surface area contributed by atoms with E-state index < -0.39 is 5.78 Å². The molecule has 4 aromatic heterocycles. The Hall–Kier alpha value is -4.54. The van der Waals surface area contributed by atoms with Crippen LogP contribution in [0.4, 0.5) is 11.6 Å². The lowest BCUT2D eigenvalue weighted by molar-refractivity contribution is -0.104. The molecule has 1 aromatic carbocycles. The maximum absolute atomic E-state index is 11.8. The number of nitrogens with zero attached hydrogens (tertiary/aromatic N) is 5. The van der Waals surface area contributed by atoms with Gasteiger partial charge in [-0.3, -0.25) is 14.3 Å². The number of methoxy groups -OCH3 is 1. The highest BCUT2D eigenvalue weighted by molar-refractivity contribution is 6.32. The number of benzene rings is 1. The van der Waals surface area contributed by atoms with Crippen molar-refractivity contribution in [2.75, 3.05) is 12.4 Å². The standard InChI is InChI=1S/C23H21N7O4/c1-10-20(11(2)34-29-10)14-6-15-13(7-18(14)33-5)21-22(26-15)24-12(3)25-23(21)27-19-8-16(17(32)9-31)28-30(19)4/h6-9H,1-5H3,(H2,24,25,26,27). The van der Waals surface area contributed by atoms with Gasteiger partial charge in [-0.05, 0) is 32.9 Å². The van der Waals surface area contributed by atoms with E-state index in [2.05, 4.69) is 30.5 Å². The molecule has 0 aliphatic heterocycles. The number of carbonyl (C=O) groups excluding carboxylic acids is 2. The molecular weight excluding hydrogens is 438 g/mol. The third-order valence-electron chi connectivity index (χ3n) is 5.67. The number of nitrogens with one attached hydrogen (secondary N) is 2. The minimum atomic E-state index is -0.698. The summed E-state index contributed by atoms with van der Waals surface area (Å²) in [6.45, 7) is 5.53. The Balaban J connectivity index is 1.71. The molecule has 5 rings (SSSR count). The first kappa shape index (κ1) is 21.3. The van der Waals surface area contributed by atoms with Crippen molar-refractivity contribution in [3.05, 3.63) is 41.2 Å². The first-order valence-corrected chi connectivity index (χ1v) is 10.4. The minimum absolute atomic E-state index is 0.0479. The third-order valence-corrected chi connectivity index (χ3v) is 5.67. The van der Waals surface area contributed by atoms with Crippen molar-refractivity contribution in [1.82, 2.24) is 29.9 Å². The molecule has 4 heterocycles. The predicted molar refractivity (Wildman–Crippen MR) is 125 cm³/mol. The summed E-state index contributed by atoms with van der Waals surface area (Å²) in [4.78, 5) is 35.1. The first-order valence-electron chi connectivity index (χ1n) is 10.4. The van der Waals surface area contributed by atoms with Gasteiger partial charge in [-0.1, -0.05) is 5.16 Å². The largest absolute Gasteiger partial charge is 0.496 e. The number of ketones is 1. The summed E-state index contributed by atoms with van der Waals surface area (Å²) in [5.41, 5.74) is 4.00. The van der Waals surface area contributed by atoms with Crippen LogP contribution >= 0.6 is 0 Å². The number of H-pyrrole nitrogens is 1. The zero-order valence-electron chi connectivity index (χ0n) is 19.2. The van der Waals surface area contributed by atoms with E-state index in [1.54, 1.807) is 21.1 Å². The van der Waals surface area contributed by atoms with Gasteiger partial charge in [-0.15, -0.1) is 0 Å². The fourth-order valence-corrected chi connectivity index (χ4v) is 4.14. The Bertz CT molecular complexity index is 1590. The van der Waals surface area contributed by atoms with Gasteiger partial charge in [0.1, 0.15) is 40.3 Å². The van der Waals surface area contributed by atoms with Gasteiger partial charge in [-0.25, -0.2) is 9.97 Å². The van der Waals surface area contributed by atoms with Crippen LogP contribution in [0, 0.1) is 20.8 Å². The SMILES string of the molecule is COc1cc2c(cc1-c1c(C)noc1C)[nH]c1nc(C)nc(Nc3cc(C(=O)C=O)nn3C)c12. The lowest BCUT2D eigenvalue weighted by Gasteiger charge is -2.10. The van der Waals surface area contributed by atoms with E-state index in [1.807, 2.05) is 26.0 Å². The molecule has 0 aliphatic rings. The molecule has 172 valence electrons. The van der Waals surface area contributed by atoms with Crippen LogP contribution in [0.15, 0.2) is 22.7 Å². The Morgan fingerprint density at radius 3 is 2.68 bits per heavy atom. The summed E-state index contributed by atoms with van der Waals surface area (Å²) in [6.07, 6.45) is 0.238. The molecule has 0 bridgehead atoms. The smallest absolute Gasteiger partial charge is 0.245 e. The van der Waals surface area contributed by atoms with Gasteiger partial charge in [0, 0.05) is 29.6 Å². The predicted octanol–water partition coefficient (Wildman–Crippen LogP) is 3.56. The van der Waals surface area contributed by atoms with E-state index in [-0.39, 0.29) is 12.0 Å². The number of aromatic amines is 1. The summed E-state index contributed by atoms with van der Waals surface area (Å²) in [5, 5.41) is 13.0. The number of hydrogen-bond acceptors (Lipinski definition) is 9. The fraction of sp³-hybridized carbons (Fsp3) is 0.217. The van der Waals surface area contributed by atoms with Crippen molar-refractivity contribution in [2.45, 2.75) is 20.8 Å². The van der Waals surface area contributed by atoms with Crippen LogP contribution in [0.3, 0.4) is 0 Å². The van der Waals surface area contributed by atoms with E-state index in [1.165, 1.54) is 10.7 Å². The number of aldehydes is 1. The molecule has 11 heteroatoms. The second kappa shape index (κ2) is 7.80. The van der Waals surface area contributed by atoms with Gasteiger partial charge in [0.15, 0.2) is 6.29 Å². The Labute approximate surface area is 193 Å². The molecule has 0 spiro atoms. The zero-order chi connectivity index (χ0) is 24.1. The van der Waals surface area contributed by atoms with Gasteiger partial charge in [-0.2, -0.15) is 5.10 Å². The number of aryl methyl sites for hydroxylation is 4. The van der Waals surface area contributed by atoms with E-state index in [9.17, 15) is 9.59 Å². The summed E-state index contributed by atoms with van der Waals surface area (Å²) >= 11 is 0. The van der Waals surface area contributed by atoms with Gasteiger partial charge in [0.05, 0.1) is 23.8 Å². The fourth-order valence-electron chi connectivity index (χ4n) is 4.14. The second-order valence-corrected chi connectivity index (χ2v) is 7.91. The Kier molecular flexibility index (Phi) is 4.89. The summed E-state index contributed by atoms with van der Waals surface area (Å²) < 4.78 is 12.6. The quantitative estimate of drug-likeness (QED) is 0.221. The normalized spacial score (nSPS) is 11.3. The molecule has 0 amide bonds. The maximum atomic E-state index is 11.8. The van der Waals surface area contributed by atoms with Crippen molar-refractivity contribution >= 4 is 45.6 Å². The van der Waals surface area contributed by atoms with Crippen molar-refractivity contribution < 1.29 is 18.8 Å². The molecule has 34 heavy (non-hydrogen) atoms. The zero-order valence-corrected chi connectivity index (χ0v) is 19.2. The molecule has 0 saturated heterocycles. The number of Topliss-reactive ketones (excluding diaryl/α,β-unsaturated/α-hetero) is 1. The highest BCUT2D eigenvalue weighted by Gasteiger charge is 2.21. The number of hydrogen-bond donors (Lipinski definition) is 2. The minimum Gasteiger partial charge on any atom is -0.496 e. The van der Waals surface area contributed by atoms with Crippen LogP contribution in [0.5, 0.6) is 5.75 Å². The lowest BCUT2D eigenvalue weighted by atomic mass is 10.0. The molecule has 0 fully saturated rings. The summed E-state index contributed by atoms with van der Waals surface area (Å²) in [6, 6.07) is 5.40. The van der Waals surface area contributed by atoms with Crippen LogP contribution in [0.25, 0.3) is 33.1 Å². The van der Waals surface area contributed by atoms with E-state index >= 15 is 0 Å². The lowest BCUT2D eigenvalue weighted by Crippen LogP contribution is -2.03. The average molecular weight is 459 g/mol. The Morgan fingerprint density at radius 1 is 1.21 bits per heavy atom. The third kappa shape index (κ3) is 3.29. The summed E-state index contributed by atoms with van der Waals surface area (Å²) in [7, 11) is 3.28. The molecule has 2 N–H and O–H groups in total. The number of fused-ring (bicyclic) bond motifs is 3. The van der Waals surface area contributed by atoms with Crippen LogP contribution in [0.1, 0.15) is 27.8 Å². The van der Waals surface area contributed by atoms with E-state index in [0.717, 1.165) is 33.1 Å². The van der Waals surface area contributed by atoms with Crippen LogP contribution < -0.4 is 10.1 Å². The average Bonchev–Trinajstić information content (AvgIpc) is 3.46. The van der Waals surface area contributed by atoms with Crippen LogP contribution in [0.2, 0.25) is 0 Å². The van der Waals surface area contributed by atoms with Crippen molar-refractivity contribution in [1.29, 1.82) is 0 Å². The molecule has 5 aromatic rings. The second-order valence-electron chi connectivity index (χ2n) is 7.91. The molecule has 0 radical (unpaired) electrons. The van der Waals surface area contributed by atoms with E-state index in [0.29, 0.717) is 34.6 Å². The molecule has 0 saturated carbocycles. The molecule has 11 nitrogen and oxygen atoms in total. The highest BCUT2D eigenvalue weighted by atomic mass is 16.5. The van der Waals surface area contributed by atoms with E-state index in [4.69, 9.17) is 9.26 Å². The number of ether oxygens (including phenoxy) is 1. The maximum Gasteiger partial charge on any atom is 0.245 e. The van der Waals surface area contributed by atoms with Crippen LogP contribution in [-0.2, 0) is 11.8 Å². The van der Waals surface area contributed by atoms with Crippen LogP contribution in [-0.4, -0.2) is 49.1 Å². The number of aromatic nitrogens is 6. The highest BCUT2D eigenvalue weighted by Crippen LogP contribution is 2.40. The number of carbonyl (C=O) groups is 2. The van der Waals surface area contributed by atoms with Gasteiger partial charge < -0.3 is 19.6 Å². The van der Waals surface area contributed by atoms with Crippen molar-refractivity contribution in [2.24, 2.45) is 7.05 Å². The number of anilines is 2. The molecular formula is C23H21N7O4. The van der Waals surface area contributed by atoms with Gasteiger partial charge >= 0.3 is 0 Å². The molecule has 0 atom stereocenters. The Morgan fingerprint density at radius 2 is 2.00 bits per heavy atom.